The topological polar surface area (TPSA) is 188 Å². The van der Waals surface area contributed by atoms with Crippen LogP contribution >= 0.6 is 0 Å². The van der Waals surface area contributed by atoms with E-state index in [4.69, 9.17) is 5.73 Å². The summed E-state index contributed by atoms with van der Waals surface area (Å²) in [5, 5.41) is 27.3. The Bertz CT molecular complexity index is 1450. The molecule has 0 fully saturated rings. The molecule has 0 aliphatic rings. The van der Waals surface area contributed by atoms with Crippen LogP contribution in [0.5, 0.6) is 0 Å². The average Bonchev–Trinajstić information content (AvgIpc) is 2.98. The number of anilines is 1. The van der Waals surface area contributed by atoms with Gasteiger partial charge in [0.1, 0.15) is 12.1 Å². The van der Waals surface area contributed by atoms with Gasteiger partial charge in [-0.15, -0.1) is 0 Å². The van der Waals surface area contributed by atoms with Crippen molar-refractivity contribution in [2.75, 3.05) is 5.73 Å². The van der Waals surface area contributed by atoms with E-state index in [9.17, 15) is 34.2 Å². The number of hydrogen-bond acceptors (Lipinski definition) is 7. The third-order valence-corrected chi connectivity index (χ3v) is 6.91. The van der Waals surface area contributed by atoms with Gasteiger partial charge in [-0.05, 0) is 56.0 Å². The van der Waals surface area contributed by atoms with Crippen molar-refractivity contribution in [3.05, 3.63) is 101 Å². The number of nitrogens with one attached hydrogen (secondary N) is 3. The van der Waals surface area contributed by atoms with Crippen LogP contribution in [0.1, 0.15) is 52.1 Å². The van der Waals surface area contributed by atoms with Gasteiger partial charge in [0.2, 0.25) is 11.8 Å². The predicted octanol–water partition coefficient (Wildman–Crippen LogP) is 2.45. The fraction of sp³-hybridized carbons (Fsp3) is 0.281. The molecule has 0 saturated heterocycles. The van der Waals surface area contributed by atoms with Crippen molar-refractivity contribution >= 4 is 35.2 Å². The highest BCUT2D eigenvalue weighted by Gasteiger charge is 2.30. The molecule has 0 radical (unpaired) electrons. The second kappa shape index (κ2) is 15.3. The SMILES string of the molecule is C[C@H](NC(=O)[C@H](C)NC(CCc1ccccc1)C(=O)O)C(=O)N[C@@H](Cc1ccccc1)C(=O)c1cc(N)ccc1C(=O)O. The lowest BCUT2D eigenvalue weighted by atomic mass is 9.93. The fourth-order valence-electron chi connectivity index (χ4n) is 4.51. The maximum absolute atomic E-state index is 13.6. The molecule has 11 nitrogen and oxygen atoms in total. The van der Waals surface area contributed by atoms with Crippen LogP contribution in [0.2, 0.25) is 0 Å². The molecule has 0 aliphatic heterocycles. The summed E-state index contributed by atoms with van der Waals surface area (Å²) in [6.45, 7) is 2.92. The van der Waals surface area contributed by atoms with Crippen molar-refractivity contribution in [2.24, 2.45) is 0 Å². The predicted molar refractivity (Wildman–Crippen MR) is 161 cm³/mol. The van der Waals surface area contributed by atoms with Gasteiger partial charge in [0.25, 0.3) is 0 Å². The number of nitrogen functional groups attached to an aromatic ring is 1. The van der Waals surface area contributed by atoms with Crippen LogP contribution < -0.4 is 21.7 Å². The molecule has 0 bridgehead atoms. The second-order valence-corrected chi connectivity index (χ2v) is 10.3. The molecule has 3 rings (SSSR count). The van der Waals surface area contributed by atoms with Gasteiger partial charge in [-0.3, -0.25) is 24.5 Å². The zero-order valence-electron chi connectivity index (χ0n) is 23.9. The first-order valence-electron chi connectivity index (χ1n) is 13.8. The first-order valence-corrected chi connectivity index (χ1v) is 13.8. The number of carbonyl (C=O) groups excluding carboxylic acids is 3. The van der Waals surface area contributed by atoms with Crippen molar-refractivity contribution in [2.45, 2.75) is 57.3 Å². The quantitative estimate of drug-likeness (QED) is 0.114. The maximum Gasteiger partial charge on any atom is 0.336 e. The summed E-state index contributed by atoms with van der Waals surface area (Å²) in [6, 6.07) is 17.9. The molecule has 0 spiro atoms. The number of benzene rings is 3. The van der Waals surface area contributed by atoms with Crippen LogP contribution in [0.25, 0.3) is 0 Å². The lowest BCUT2D eigenvalue weighted by Gasteiger charge is -2.24. The number of aromatic carboxylic acids is 1. The van der Waals surface area contributed by atoms with Gasteiger partial charge in [0.15, 0.2) is 5.78 Å². The van der Waals surface area contributed by atoms with Gasteiger partial charge in [0.05, 0.1) is 17.6 Å². The third kappa shape index (κ3) is 9.50. The summed E-state index contributed by atoms with van der Waals surface area (Å²) >= 11 is 0. The highest BCUT2D eigenvalue weighted by Crippen LogP contribution is 2.18. The first kappa shape index (κ1) is 32.5. The molecular weight excluding hydrogens is 552 g/mol. The number of carbonyl (C=O) groups is 5. The van der Waals surface area contributed by atoms with E-state index < -0.39 is 53.7 Å². The summed E-state index contributed by atoms with van der Waals surface area (Å²) in [5.74, 6) is -4.37. The molecule has 11 heteroatoms. The zero-order chi connectivity index (χ0) is 31.5. The Morgan fingerprint density at radius 2 is 1.30 bits per heavy atom. The highest BCUT2D eigenvalue weighted by atomic mass is 16.4. The number of amides is 2. The number of hydrogen-bond donors (Lipinski definition) is 6. The number of nitrogens with two attached hydrogens (primary N) is 1. The van der Waals surface area contributed by atoms with Crippen molar-refractivity contribution in [1.82, 2.24) is 16.0 Å². The van der Waals surface area contributed by atoms with E-state index in [0.29, 0.717) is 12.0 Å². The molecule has 2 amide bonds. The Kier molecular flexibility index (Phi) is 11.5. The molecule has 0 aliphatic carbocycles. The zero-order valence-corrected chi connectivity index (χ0v) is 23.9. The molecule has 1 unspecified atom stereocenters. The number of rotatable bonds is 15. The van der Waals surface area contributed by atoms with Gasteiger partial charge in [-0.1, -0.05) is 60.7 Å². The lowest BCUT2D eigenvalue weighted by Crippen LogP contribution is -2.55. The number of aryl methyl sites for hydroxylation is 1. The van der Waals surface area contributed by atoms with E-state index in [2.05, 4.69) is 16.0 Å². The summed E-state index contributed by atoms with van der Waals surface area (Å²) in [5.41, 5.74) is 7.28. The van der Waals surface area contributed by atoms with Crippen LogP contribution in [-0.4, -0.2) is 63.9 Å². The number of carboxylic acid groups (broad SMARTS) is 2. The molecule has 4 atom stereocenters. The molecule has 43 heavy (non-hydrogen) atoms. The van der Waals surface area contributed by atoms with E-state index in [0.717, 1.165) is 5.56 Å². The van der Waals surface area contributed by atoms with Crippen molar-refractivity contribution in [1.29, 1.82) is 0 Å². The number of carboxylic acids is 2. The Morgan fingerprint density at radius 3 is 1.88 bits per heavy atom. The largest absolute Gasteiger partial charge is 0.480 e. The monoisotopic (exact) mass is 588 g/mol. The molecular formula is C32H36N4O7. The number of Topliss-reactive ketones (excluding diaryl/α,β-unsaturated/α-hetero) is 1. The van der Waals surface area contributed by atoms with Crippen LogP contribution in [0.3, 0.4) is 0 Å². The average molecular weight is 589 g/mol. The van der Waals surface area contributed by atoms with Crippen molar-refractivity contribution < 1.29 is 34.2 Å². The van der Waals surface area contributed by atoms with E-state index in [1.54, 1.807) is 30.3 Å². The molecule has 3 aromatic rings. The Hall–Kier alpha value is -5.03. The minimum atomic E-state index is -1.32. The summed E-state index contributed by atoms with van der Waals surface area (Å²) in [6.07, 6.45) is 0.795. The van der Waals surface area contributed by atoms with Gasteiger partial charge in [-0.25, -0.2) is 4.79 Å². The summed E-state index contributed by atoms with van der Waals surface area (Å²) in [7, 11) is 0. The fourth-order valence-corrected chi connectivity index (χ4v) is 4.51. The number of ketones is 1. The normalized spacial score (nSPS) is 13.6. The molecule has 7 N–H and O–H groups in total. The molecule has 0 aromatic heterocycles. The van der Waals surface area contributed by atoms with Gasteiger partial charge in [0, 0.05) is 17.7 Å². The van der Waals surface area contributed by atoms with Crippen LogP contribution in [0.15, 0.2) is 78.9 Å². The van der Waals surface area contributed by atoms with Gasteiger partial charge < -0.3 is 26.6 Å². The summed E-state index contributed by atoms with van der Waals surface area (Å²) in [4.78, 5) is 63.3. The molecule has 0 heterocycles. The first-order chi connectivity index (χ1) is 20.5. The van der Waals surface area contributed by atoms with Crippen molar-refractivity contribution in [3.8, 4) is 0 Å². The molecule has 0 saturated carbocycles. The van der Waals surface area contributed by atoms with Crippen LogP contribution in [0.4, 0.5) is 5.69 Å². The van der Waals surface area contributed by atoms with E-state index >= 15 is 0 Å². The lowest BCUT2D eigenvalue weighted by molar-refractivity contribution is -0.140. The molecule has 226 valence electrons. The molecule has 3 aromatic carbocycles. The standard InChI is InChI=1S/C32H36N4O7/c1-19(34-26(32(42)43)16-13-21-9-5-3-6-10-21)29(38)35-20(2)30(39)36-27(17-22-11-7-4-8-12-22)28(37)25-18-23(33)14-15-24(25)31(40)41/h3-12,14-15,18-20,26-27,34H,13,16-17,33H2,1-2H3,(H,35,38)(H,36,39)(H,40,41)(H,42,43)/t19-,20-,26?,27-/m0/s1. The van der Waals surface area contributed by atoms with E-state index in [1.165, 1.54) is 32.0 Å². The Balaban J connectivity index is 1.69. The van der Waals surface area contributed by atoms with Crippen LogP contribution in [-0.2, 0) is 27.2 Å². The smallest absolute Gasteiger partial charge is 0.336 e. The summed E-state index contributed by atoms with van der Waals surface area (Å²) < 4.78 is 0. The van der Waals surface area contributed by atoms with Crippen LogP contribution in [0, 0.1) is 0 Å². The number of aliphatic carboxylic acids is 1. The minimum Gasteiger partial charge on any atom is -0.480 e. The van der Waals surface area contributed by atoms with E-state index in [1.807, 2.05) is 30.3 Å². The van der Waals surface area contributed by atoms with Crippen molar-refractivity contribution in [3.63, 3.8) is 0 Å². The maximum atomic E-state index is 13.6. The Labute approximate surface area is 249 Å². The van der Waals surface area contributed by atoms with Gasteiger partial charge in [-0.2, -0.15) is 0 Å². The minimum absolute atomic E-state index is 0.0552. The highest BCUT2D eigenvalue weighted by molar-refractivity contribution is 6.10. The van der Waals surface area contributed by atoms with Gasteiger partial charge >= 0.3 is 11.9 Å². The Morgan fingerprint density at radius 1 is 0.721 bits per heavy atom. The van der Waals surface area contributed by atoms with E-state index in [-0.39, 0.29) is 29.7 Å². The third-order valence-electron chi connectivity index (χ3n) is 6.91. The second-order valence-electron chi connectivity index (χ2n) is 10.3.